The Morgan fingerprint density at radius 2 is 1.86 bits per heavy atom. The average molecular weight is 307 g/mol. The van der Waals surface area contributed by atoms with Crippen LogP contribution in [0.4, 0.5) is 5.82 Å². The number of rotatable bonds is 4. The molecule has 0 radical (unpaired) electrons. The van der Waals surface area contributed by atoms with Gasteiger partial charge in [-0.1, -0.05) is 24.3 Å². The van der Waals surface area contributed by atoms with Crippen LogP contribution in [0.2, 0.25) is 0 Å². The summed E-state index contributed by atoms with van der Waals surface area (Å²) in [4.78, 5) is 6.94. The minimum absolute atomic E-state index is 0.0650. The highest BCUT2D eigenvalue weighted by atomic mass is 35.5. The predicted octanol–water partition coefficient (Wildman–Crippen LogP) is 2.82. The van der Waals surface area contributed by atoms with Crippen LogP contribution in [-0.2, 0) is 15.4 Å². The molecule has 1 aromatic heterocycles. The maximum Gasteiger partial charge on any atom is 0.136 e. The monoisotopic (exact) mass is 306 g/mol. The fourth-order valence-electron chi connectivity index (χ4n) is 2.91. The smallest absolute Gasteiger partial charge is 0.136 e. The van der Waals surface area contributed by atoms with Gasteiger partial charge in [-0.25, -0.2) is 4.98 Å². The SMILES string of the molecule is COC1CN(c2nc(CCl)cc3ccccc23)CC1OC. The summed E-state index contributed by atoms with van der Waals surface area (Å²) in [5.41, 5.74) is 0.889. The lowest BCUT2D eigenvalue weighted by molar-refractivity contribution is -0.00461. The Hall–Kier alpha value is -1.36. The molecule has 1 aliphatic heterocycles. The van der Waals surface area contributed by atoms with Crippen LogP contribution in [0.5, 0.6) is 0 Å². The second kappa shape index (κ2) is 6.18. The summed E-state index contributed by atoms with van der Waals surface area (Å²) in [6.07, 6.45) is 0.130. The number of pyridine rings is 1. The Labute approximate surface area is 129 Å². The zero-order valence-corrected chi connectivity index (χ0v) is 13.0. The van der Waals surface area contributed by atoms with Crippen molar-refractivity contribution in [2.75, 3.05) is 32.2 Å². The van der Waals surface area contributed by atoms with Gasteiger partial charge >= 0.3 is 0 Å². The summed E-state index contributed by atoms with van der Waals surface area (Å²) in [6, 6.07) is 10.3. The maximum absolute atomic E-state index is 5.99. The fourth-order valence-corrected chi connectivity index (χ4v) is 3.05. The Morgan fingerprint density at radius 1 is 1.19 bits per heavy atom. The van der Waals surface area contributed by atoms with Crippen molar-refractivity contribution in [3.05, 3.63) is 36.0 Å². The van der Waals surface area contributed by atoms with Gasteiger partial charge in [-0.15, -0.1) is 11.6 Å². The average Bonchev–Trinajstić information content (AvgIpc) is 2.96. The van der Waals surface area contributed by atoms with Crippen molar-refractivity contribution in [1.82, 2.24) is 4.98 Å². The minimum atomic E-state index is 0.0650. The van der Waals surface area contributed by atoms with E-state index in [1.165, 1.54) is 0 Å². The van der Waals surface area contributed by atoms with Gasteiger partial charge in [0.25, 0.3) is 0 Å². The number of aromatic nitrogens is 1. The van der Waals surface area contributed by atoms with Gasteiger partial charge < -0.3 is 14.4 Å². The second-order valence-corrected chi connectivity index (χ2v) is 5.51. The number of halogens is 1. The van der Waals surface area contributed by atoms with Crippen molar-refractivity contribution >= 4 is 28.2 Å². The zero-order chi connectivity index (χ0) is 14.8. The number of nitrogens with zero attached hydrogens (tertiary/aromatic N) is 2. The number of methoxy groups -OCH3 is 2. The lowest BCUT2D eigenvalue weighted by atomic mass is 10.1. The van der Waals surface area contributed by atoms with Crippen molar-refractivity contribution in [2.24, 2.45) is 0 Å². The molecule has 0 spiro atoms. The van der Waals surface area contributed by atoms with Gasteiger partial charge in [0.15, 0.2) is 0 Å². The van der Waals surface area contributed by atoms with E-state index in [1.807, 2.05) is 18.2 Å². The summed E-state index contributed by atoms with van der Waals surface area (Å²) in [5.74, 6) is 1.37. The van der Waals surface area contributed by atoms with E-state index in [0.29, 0.717) is 5.88 Å². The van der Waals surface area contributed by atoms with Crippen LogP contribution in [0.3, 0.4) is 0 Å². The number of fused-ring (bicyclic) bond motifs is 1. The second-order valence-electron chi connectivity index (χ2n) is 5.25. The summed E-state index contributed by atoms with van der Waals surface area (Å²) < 4.78 is 11.0. The normalized spacial score (nSPS) is 22.1. The zero-order valence-electron chi connectivity index (χ0n) is 12.3. The third-order valence-electron chi connectivity index (χ3n) is 4.03. The number of hydrogen-bond donors (Lipinski definition) is 0. The molecule has 2 aromatic rings. The van der Waals surface area contributed by atoms with Gasteiger partial charge in [-0.3, -0.25) is 0 Å². The standard InChI is InChI=1S/C16H19ClN2O2/c1-20-14-9-19(10-15(14)21-2)16-13-6-4-3-5-11(13)7-12(8-17)18-16/h3-7,14-15H,8-10H2,1-2H3. The molecule has 1 aliphatic rings. The third kappa shape index (κ3) is 2.71. The van der Waals surface area contributed by atoms with Crippen molar-refractivity contribution in [2.45, 2.75) is 18.1 Å². The van der Waals surface area contributed by atoms with Crippen LogP contribution in [0, 0.1) is 0 Å². The largest absolute Gasteiger partial charge is 0.377 e. The number of ether oxygens (including phenoxy) is 2. The quantitative estimate of drug-likeness (QED) is 0.814. The topological polar surface area (TPSA) is 34.6 Å². The lowest BCUT2D eigenvalue weighted by Gasteiger charge is -2.20. The van der Waals surface area contributed by atoms with Gasteiger partial charge in [0.1, 0.15) is 18.0 Å². The molecular formula is C16H19ClN2O2. The Morgan fingerprint density at radius 3 is 2.48 bits per heavy atom. The first-order valence-corrected chi connectivity index (χ1v) is 7.55. The van der Waals surface area contributed by atoms with Gasteiger partial charge in [0, 0.05) is 32.7 Å². The maximum atomic E-state index is 5.99. The molecule has 0 saturated carbocycles. The number of benzene rings is 1. The van der Waals surface area contributed by atoms with Crippen molar-refractivity contribution in [1.29, 1.82) is 0 Å². The molecule has 4 nitrogen and oxygen atoms in total. The highest BCUT2D eigenvalue weighted by Crippen LogP contribution is 2.30. The predicted molar refractivity (Wildman–Crippen MR) is 85.1 cm³/mol. The van der Waals surface area contributed by atoms with E-state index in [9.17, 15) is 0 Å². The first-order valence-electron chi connectivity index (χ1n) is 7.02. The molecule has 1 saturated heterocycles. The molecular weight excluding hydrogens is 288 g/mol. The van der Waals surface area contributed by atoms with Crippen molar-refractivity contribution in [3.63, 3.8) is 0 Å². The van der Waals surface area contributed by atoms with E-state index in [2.05, 4.69) is 17.0 Å². The summed E-state index contributed by atoms with van der Waals surface area (Å²) in [7, 11) is 3.45. The van der Waals surface area contributed by atoms with Crippen LogP contribution in [-0.4, -0.2) is 44.5 Å². The number of alkyl halides is 1. The van der Waals surface area contributed by atoms with E-state index in [-0.39, 0.29) is 12.2 Å². The molecule has 5 heteroatoms. The van der Waals surface area contributed by atoms with E-state index in [4.69, 9.17) is 26.1 Å². The minimum Gasteiger partial charge on any atom is -0.377 e. The van der Waals surface area contributed by atoms with Crippen LogP contribution in [0.15, 0.2) is 30.3 Å². The van der Waals surface area contributed by atoms with Crippen LogP contribution >= 0.6 is 11.6 Å². The van der Waals surface area contributed by atoms with Crippen LogP contribution in [0.1, 0.15) is 5.69 Å². The molecule has 2 heterocycles. The molecule has 0 amide bonds. The molecule has 0 bridgehead atoms. The van der Waals surface area contributed by atoms with E-state index in [1.54, 1.807) is 14.2 Å². The summed E-state index contributed by atoms with van der Waals surface area (Å²) in [5, 5.41) is 2.30. The van der Waals surface area contributed by atoms with Crippen molar-refractivity contribution in [3.8, 4) is 0 Å². The highest BCUT2D eigenvalue weighted by molar-refractivity contribution is 6.17. The molecule has 21 heavy (non-hydrogen) atoms. The Balaban J connectivity index is 2.03. The number of hydrogen-bond acceptors (Lipinski definition) is 4. The lowest BCUT2D eigenvalue weighted by Crippen LogP contribution is -2.27. The fraction of sp³-hybridized carbons (Fsp3) is 0.438. The third-order valence-corrected chi connectivity index (χ3v) is 4.30. The first-order chi connectivity index (χ1) is 10.3. The molecule has 1 fully saturated rings. The van der Waals surface area contributed by atoms with Gasteiger partial charge in [-0.05, 0) is 11.5 Å². The summed E-state index contributed by atoms with van der Waals surface area (Å²) >= 11 is 5.99. The number of anilines is 1. The molecule has 3 rings (SSSR count). The molecule has 112 valence electrons. The molecule has 1 aromatic carbocycles. The molecule has 0 aliphatic carbocycles. The van der Waals surface area contributed by atoms with Gasteiger partial charge in [-0.2, -0.15) is 0 Å². The molecule has 0 N–H and O–H groups in total. The van der Waals surface area contributed by atoms with Crippen LogP contribution < -0.4 is 4.90 Å². The van der Waals surface area contributed by atoms with E-state index < -0.39 is 0 Å². The van der Waals surface area contributed by atoms with E-state index in [0.717, 1.165) is 35.4 Å². The highest BCUT2D eigenvalue weighted by Gasteiger charge is 2.34. The molecule has 2 unspecified atom stereocenters. The van der Waals surface area contributed by atoms with Crippen molar-refractivity contribution < 1.29 is 9.47 Å². The van der Waals surface area contributed by atoms with Gasteiger partial charge in [0.05, 0.1) is 11.6 Å². The molecule has 2 atom stereocenters. The Kier molecular flexibility index (Phi) is 4.29. The van der Waals surface area contributed by atoms with Gasteiger partial charge in [0.2, 0.25) is 0 Å². The Bertz CT molecular complexity index is 623. The van der Waals surface area contributed by atoms with E-state index >= 15 is 0 Å². The first kappa shape index (κ1) is 14.6. The van der Waals surface area contributed by atoms with Crippen LogP contribution in [0.25, 0.3) is 10.8 Å². The summed E-state index contributed by atoms with van der Waals surface area (Å²) in [6.45, 7) is 1.55.